The Bertz CT molecular complexity index is 762. The van der Waals surface area contributed by atoms with Crippen LogP contribution in [0.2, 0.25) is 0 Å². The van der Waals surface area contributed by atoms with Crippen molar-refractivity contribution in [3.8, 4) is 0 Å². The molecule has 1 N–H and O–H groups in total. The van der Waals surface area contributed by atoms with Crippen molar-refractivity contribution >= 4 is 43.7 Å². The Balaban J connectivity index is 1.76. The lowest BCUT2D eigenvalue weighted by Gasteiger charge is -2.18. The number of nitrogens with zero attached hydrogens (tertiary/aromatic N) is 3. The van der Waals surface area contributed by atoms with Crippen LogP contribution in [-0.4, -0.2) is 41.9 Å². The zero-order valence-electron chi connectivity index (χ0n) is 12.3. The predicted molar refractivity (Wildman–Crippen MR) is 89.4 cm³/mol. The standard InChI is InChI=1S/C13H16N4O3S3/c18-12(15-13-16-14-9-22-13)11-7-10(8-21-11)23(19,20)17-5-3-1-2-4-6-17/h7-9H,1-6H2,(H,15,16,18). The van der Waals surface area contributed by atoms with E-state index in [-0.39, 0.29) is 10.8 Å². The first kappa shape index (κ1) is 16.5. The summed E-state index contributed by atoms with van der Waals surface area (Å²) < 4.78 is 26.9. The number of anilines is 1. The fraction of sp³-hybridized carbons (Fsp3) is 0.462. The van der Waals surface area contributed by atoms with Crippen molar-refractivity contribution < 1.29 is 13.2 Å². The number of nitrogens with one attached hydrogen (secondary N) is 1. The van der Waals surface area contributed by atoms with E-state index in [0.717, 1.165) is 37.0 Å². The van der Waals surface area contributed by atoms with Gasteiger partial charge in [-0.1, -0.05) is 24.2 Å². The van der Waals surface area contributed by atoms with Crippen LogP contribution >= 0.6 is 22.7 Å². The number of hydrogen-bond donors (Lipinski definition) is 1. The first-order valence-corrected chi connectivity index (χ1v) is 10.4. The molecule has 1 aliphatic heterocycles. The molecule has 0 aromatic carbocycles. The first-order valence-electron chi connectivity index (χ1n) is 7.23. The van der Waals surface area contributed by atoms with Crippen LogP contribution in [-0.2, 0) is 10.0 Å². The van der Waals surface area contributed by atoms with E-state index in [2.05, 4.69) is 15.5 Å². The van der Waals surface area contributed by atoms with Crippen molar-refractivity contribution in [2.24, 2.45) is 0 Å². The third-order valence-electron chi connectivity index (χ3n) is 3.58. The number of carbonyl (C=O) groups excluding carboxylic acids is 1. The van der Waals surface area contributed by atoms with E-state index in [9.17, 15) is 13.2 Å². The van der Waals surface area contributed by atoms with Gasteiger partial charge in [0.2, 0.25) is 15.2 Å². The summed E-state index contributed by atoms with van der Waals surface area (Å²) >= 11 is 2.32. The van der Waals surface area contributed by atoms with Gasteiger partial charge in [0.05, 0.1) is 9.77 Å². The van der Waals surface area contributed by atoms with Gasteiger partial charge in [-0.2, -0.15) is 4.31 Å². The normalized spacial score (nSPS) is 16.9. The SMILES string of the molecule is O=C(Nc1nncs1)c1cc(S(=O)(=O)N2CCCCCC2)cs1. The molecule has 3 heterocycles. The van der Waals surface area contributed by atoms with Crippen LogP contribution in [0.25, 0.3) is 0 Å². The molecule has 0 aliphatic carbocycles. The van der Waals surface area contributed by atoms with Crippen LogP contribution in [0, 0.1) is 0 Å². The first-order chi connectivity index (χ1) is 11.1. The Hall–Kier alpha value is -1.36. The number of sulfonamides is 1. The van der Waals surface area contributed by atoms with E-state index in [0.29, 0.717) is 23.1 Å². The van der Waals surface area contributed by atoms with Gasteiger partial charge in [0.15, 0.2) is 0 Å². The van der Waals surface area contributed by atoms with Crippen LogP contribution in [0.15, 0.2) is 21.9 Å². The zero-order valence-corrected chi connectivity index (χ0v) is 14.7. The van der Waals surface area contributed by atoms with Gasteiger partial charge in [-0.05, 0) is 18.9 Å². The van der Waals surface area contributed by atoms with E-state index < -0.39 is 10.0 Å². The second-order valence-corrected chi connectivity index (χ2v) is 8.85. The van der Waals surface area contributed by atoms with Crippen molar-refractivity contribution in [3.63, 3.8) is 0 Å². The highest BCUT2D eigenvalue weighted by atomic mass is 32.2. The molecule has 0 spiro atoms. The van der Waals surface area contributed by atoms with Crippen molar-refractivity contribution in [3.05, 3.63) is 21.8 Å². The molecule has 124 valence electrons. The van der Waals surface area contributed by atoms with Crippen molar-refractivity contribution in [2.75, 3.05) is 18.4 Å². The van der Waals surface area contributed by atoms with E-state index in [1.54, 1.807) is 0 Å². The third kappa shape index (κ3) is 3.77. The summed E-state index contributed by atoms with van der Waals surface area (Å²) in [5.74, 6) is -0.371. The van der Waals surface area contributed by atoms with Gasteiger partial charge in [-0.25, -0.2) is 8.42 Å². The van der Waals surface area contributed by atoms with Crippen LogP contribution in [0.5, 0.6) is 0 Å². The van der Waals surface area contributed by atoms with Gasteiger partial charge in [0.1, 0.15) is 5.51 Å². The fourth-order valence-corrected chi connectivity index (χ4v) is 5.50. The smallest absolute Gasteiger partial charge is 0.267 e. The van der Waals surface area contributed by atoms with Crippen LogP contribution in [0.4, 0.5) is 5.13 Å². The van der Waals surface area contributed by atoms with Crippen LogP contribution in [0.1, 0.15) is 35.4 Å². The summed E-state index contributed by atoms with van der Waals surface area (Å²) in [5, 5.41) is 11.9. The minimum absolute atomic E-state index is 0.187. The number of aromatic nitrogens is 2. The molecule has 2 aromatic heterocycles. The summed E-state index contributed by atoms with van der Waals surface area (Å²) in [4.78, 5) is 12.6. The molecule has 0 atom stereocenters. The Kier molecular flexibility index (Phi) is 5.05. The van der Waals surface area contributed by atoms with Crippen molar-refractivity contribution in [1.82, 2.24) is 14.5 Å². The molecule has 10 heteroatoms. The predicted octanol–water partition coefficient (Wildman–Crippen LogP) is 2.42. The lowest BCUT2D eigenvalue weighted by molar-refractivity contribution is 0.103. The Morgan fingerprint density at radius 3 is 2.57 bits per heavy atom. The fourth-order valence-electron chi connectivity index (χ4n) is 2.39. The maximum Gasteiger partial charge on any atom is 0.267 e. The van der Waals surface area contributed by atoms with Gasteiger partial charge in [0, 0.05) is 18.5 Å². The molecular formula is C13H16N4O3S3. The monoisotopic (exact) mass is 372 g/mol. The second-order valence-electron chi connectivity index (χ2n) is 5.16. The lowest BCUT2D eigenvalue weighted by Crippen LogP contribution is -2.31. The van der Waals surface area contributed by atoms with Gasteiger partial charge >= 0.3 is 0 Å². The summed E-state index contributed by atoms with van der Waals surface area (Å²) in [7, 11) is -3.52. The maximum atomic E-state index is 12.7. The van der Waals surface area contributed by atoms with Crippen molar-refractivity contribution in [1.29, 1.82) is 0 Å². The quantitative estimate of drug-likeness (QED) is 0.890. The van der Waals surface area contributed by atoms with Crippen LogP contribution in [0.3, 0.4) is 0 Å². The average Bonchev–Trinajstić information content (AvgIpc) is 3.14. The summed E-state index contributed by atoms with van der Waals surface area (Å²) in [6.45, 7) is 1.09. The molecule has 0 unspecified atom stereocenters. The van der Waals surface area contributed by atoms with E-state index in [4.69, 9.17) is 0 Å². The topological polar surface area (TPSA) is 92.3 Å². The Morgan fingerprint density at radius 1 is 1.17 bits per heavy atom. The van der Waals surface area contributed by atoms with Crippen LogP contribution < -0.4 is 5.32 Å². The molecule has 1 fully saturated rings. The third-order valence-corrected chi connectivity index (χ3v) is 7.14. The molecular weight excluding hydrogens is 356 g/mol. The molecule has 1 amide bonds. The van der Waals surface area contributed by atoms with E-state index >= 15 is 0 Å². The van der Waals surface area contributed by atoms with Gasteiger partial charge in [-0.3, -0.25) is 10.1 Å². The molecule has 0 saturated carbocycles. The minimum atomic E-state index is -3.52. The van der Waals surface area contributed by atoms with E-state index in [1.807, 2.05) is 0 Å². The highest BCUT2D eigenvalue weighted by Gasteiger charge is 2.27. The van der Waals surface area contributed by atoms with E-state index in [1.165, 1.54) is 32.6 Å². The lowest BCUT2D eigenvalue weighted by atomic mass is 10.2. The Labute approximate surface area is 142 Å². The Morgan fingerprint density at radius 2 is 1.91 bits per heavy atom. The minimum Gasteiger partial charge on any atom is -0.296 e. The number of rotatable bonds is 4. The highest BCUT2D eigenvalue weighted by Crippen LogP contribution is 2.25. The highest BCUT2D eigenvalue weighted by molar-refractivity contribution is 7.89. The second kappa shape index (κ2) is 7.04. The maximum absolute atomic E-state index is 12.7. The number of hydrogen-bond acceptors (Lipinski definition) is 7. The molecule has 7 nitrogen and oxygen atoms in total. The van der Waals surface area contributed by atoms with Crippen molar-refractivity contribution in [2.45, 2.75) is 30.6 Å². The summed E-state index contributed by atoms with van der Waals surface area (Å²) in [5.41, 5.74) is 1.51. The molecule has 1 aliphatic rings. The zero-order chi connectivity index (χ0) is 16.3. The number of thiophene rings is 1. The van der Waals surface area contributed by atoms with Gasteiger partial charge in [-0.15, -0.1) is 21.5 Å². The largest absolute Gasteiger partial charge is 0.296 e. The molecule has 0 radical (unpaired) electrons. The van der Waals surface area contributed by atoms with Gasteiger partial charge in [0.25, 0.3) is 5.91 Å². The molecule has 2 aromatic rings. The molecule has 3 rings (SSSR count). The number of amides is 1. The van der Waals surface area contributed by atoms with Gasteiger partial charge < -0.3 is 0 Å². The molecule has 23 heavy (non-hydrogen) atoms. The molecule has 0 bridgehead atoms. The molecule has 1 saturated heterocycles. The average molecular weight is 372 g/mol. The summed E-state index contributed by atoms with van der Waals surface area (Å²) in [6.07, 6.45) is 3.89. The summed E-state index contributed by atoms with van der Waals surface area (Å²) in [6, 6.07) is 1.43. The number of carbonyl (C=O) groups is 1.